The maximum absolute atomic E-state index is 11.8. The molecule has 1 aromatic heterocycles. The van der Waals surface area contributed by atoms with E-state index in [-0.39, 0.29) is 5.78 Å². The summed E-state index contributed by atoms with van der Waals surface area (Å²) in [5, 5.41) is 9.72. The van der Waals surface area contributed by atoms with E-state index in [0.717, 1.165) is 12.8 Å². The highest BCUT2D eigenvalue weighted by atomic mass is 16.3. The molecule has 4 heteroatoms. The molecule has 1 heterocycles. The molecule has 0 bridgehead atoms. The number of aliphatic hydroxyl groups excluding tert-OH is 1. The van der Waals surface area contributed by atoms with Crippen molar-refractivity contribution < 1.29 is 9.90 Å². The van der Waals surface area contributed by atoms with E-state index in [1.165, 1.54) is 0 Å². The molecule has 16 heavy (non-hydrogen) atoms. The molecule has 0 aliphatic heterocycles. The lowest BCUT2D eigenvalue weighted by Gasteiger charge is -2.17. The number of hydrogen-bond donors (Lipinski definition) is 2. The second kappa shape index (κ2) is 6.35. The molecule has 1 rings (SSSR count). The van der Waals surface area contributed by atoms with Crippen LogP contribution in [0.25, 0.3) is 0 Å². The van der Waals surface area contributed by atoms with Crippen LogP contribution in [0.4, 0.5) is 0 Å². The van der Waals surface area contributed by atoms with Crippen LogP contribution >= 0.6 is 0 Å². The summed E-state index contributed by atoms with van der Waals surface area (Å²) in [4.78, 5) is 15.7. The standard InChI is InChI=1S/C12H18N2O2/c1-2-3-4-10(15)11(13)12(16)9-5-7-14-8-6-9/h5-8,10-11,15H,2-4,13H2,1H3. The predicted octanol–water partition coefficient (Wildman–Crippen LogP) is 1.14. The summed E-state index contributed by atoms with van der Waals surface area (Å²) in [7, 11) is 0. The largest absolute Gasteiger partial charge is 0.391 e. The van der Waals surface area contributed by atoms with Gasteiger partial charge < -0.3 is 10.8 Å². The summed E-state index contributed by atoms with van der Waals surface area (Å²) in [6, 6.07) is 2.37. The van der Waals surface area contributed by atoms with Gasteiger partial charge in [0.1, 0.15) is 0 Å². The molecule has 4 nitrogen and oxygen atoms in total. The minimum atomic E-state index is -0.839. The average Bonchev–Trinajstić information content (AvgIpc) is 2.35. The predicted molar refractivity (Wildman–Crippen MR) is 62.1 cm³/mol. The van der Waals surface area contributed by atoms with Crippen molar-refractivity contribution in [3.63, 3.8) is 0 Å². The van der Waals surface area contributed by atoms with E-state index in [1.807, 2.05) is 6.92 Å². The van der Waals surface area contributed by atoms with Gasteiger partial charge in [-0.25, -0.2) is 0 Å². The van der Waals surface area contributed by atoms with Gasteiger partial charge in [-0.05, 0) is 18.6 Å². The van der Waals surface area contributed by atoms with Crippen molar-refractivity contribution in [1.29, 1.82) is 0 Å². The lowest BCUT2D eigenvalue weighted by atomic mass is 9.98. The normalized spacial score (nSPS) is 14.4. The van der Waals surface area contributed by atoms with Gasteiger partial charge in [-0.2, -0.15) is 0 Å². The average molecular weight is 222 g/mol. The van der Waals surface area contributed by atoms with Crippen molar-refractivity contribution in [3.05, 3.63) is 30.1 Å². The zero-order valence-electron chi connectivity index (χ0n) is 9.47. The van der Waals surface area contributed by atoms with Gasteiger partial charge in [0.05, 0.1) is 12.1 Å². The molecule has 1 aromatic rings. The Morgan fingerprint density at radius 3 is 2.69 bits per heavy atom. The third kappa shape index (κ3) is 3.40. The molecule has 88 valence electrons. The molecule has 0 saturated heterocycles. The maximum atomic E-state index is 11.8. The minimum absolute atomic E-state index is 0.231. The number of nitrogens with two attached hydrogens (primary N) is 1. The van der Waals surface area contributed by atoms with Gasteiger partial charge in [-0.15, -0.1) is 0 Å². The smallest absolute Gasteiger partial charge is 0.182 e. The Kier molecular flexibility index (Phi) is 5.08. The number of carbonyl (C=O) groups is 1. The van der Waals surface area contributed by atoms with Crippen LogP contribution in [0.1, 0.15) is 36.5 Å². The number of carbonyl (C=O) groups excluding carboxylic acids is 1. The van der Waals surface area contributed by atoms with Crippen LogP contribution in [-0.4, -0.2) is 28.0 Å². The van der Waals surface area contributed by atoms with Crippen LogP contribution < -0.4 is 5.73 Å². The molecule has 3 N–H and O–H groups in total. The van der Waals surface area contributed by atoms with Gasteiger partial charge in [0, 0.05) is 18.0 Å². The SMILES string of the molecule is CCCCC(O)C(N)C(=O)c1ccncc1. The maximum Gasteiger partial charge on any atom is 0.182 e. The van der Waals surface area contributed by atoms with E-state index < -0.39 is 12.1 Å². The fourth-order valence-corrected chi connectivity index (χ4v) is 1.48. The number of hydrogen-bond acceptors (Lipinski definition) is 4. The summed E-state index contributed by atoms with van der Waals surface area (Å²) in [6.07, 6.45) is 4.73. The highest BCUT2D eigenvalue weighted by molar-refractivity contribution is 6.00. The van der Waals surface area contributed by atoms with Gasteiger partial charge >= 0.3 is 0 Å². The first-order valence-electron chi connectivity index (χ1n) is 5.54. The van der Waals surface area contributed by atoms with Crippen LogP contribution in [0, 0.1) is 0 Å². The zero-order chi connectivity index (χ0) is 12.0. The highest BCUT2D eigenvalue weighted by Crippen LogP contribution is 2.08. The van der Waals surface area contributed by atoms with E-state index in [9.17, 15) is 9.90 Å². The van der Waals surface area contributed by atoms with E-state index >= 15 is 0 Å². The molecule has 0 aliphatic carbocycles. The summed E-state index contributed by atoms with van der Waals surface area (Å²) >= 11 is 0. The molecule has 0 fully saturated rings. The summed E-state index contributed by atoms with van der Waals surface area (Å²) < 4.78 is 0. The number of pyridine rings is 1. The number of aliphatic hydroxyl groups is 1. The van der Waals surface area contributed by atoms with Gasteiger partial charge in [-0.3, -0.25) is 9.78 Å². The number of ketones is 1. The molecule has 0 aromatic carbocycles. The first-order valence-corrected chi connectivity index (χ1v) is 5.54. The summed E-state index contributed by atoms with van der Waals surface area (Å²) in [6.45, 7) is 2.03. The Hall–Kier alpha value is -1.26. The number of aromatic nitrogens is 1. The monoisotopic (exact) mass is 222 g/mol. The Morgan fingerprint density at radius 2 is 2.12 bits per heavy atom. The van der Waals surface area contributed by atoms with Gasteiger partial charge in [0.2, 0.25) is 0 Å². The van der Waals surface area contributed by atoms with Crippen molar-refractivity contribution in [2.45, 2.75) is 38.3 Å². The lowest BCUT2D eigenvalue weighted by molar-refractivity contribution is 0.0796. The van der Waals surface area contributed by atoms with Crippen molar-refractivity contribution in [2.24, 2.45) is 5.73 Å². The molecule has 0 aliphatic rings. The van der Waals surface area contributed by atoms with Crippen molar-refractivity contribution in [1.82, 2.24) is 4.98 Å². The minimum Gasteiger partial charge on any atom is -0.391 e. The topological polar surface area (TPSA) is 76.2 Å². The Bertz CT molecular complexity index is 327. The fourth-order valence-electron chi connectivity index (χ4n) is 1.48. The molecule has 2 atom stereocenters. The van der Waals surface area contributed by atoms with Crippen LogP contribution in [0.3, 0.4) is 0 Å². The zero-order valence-corrected chi connectivity index (χ0v) is 9.47. The second-order valence-corrected chi connectivity index (χ2v) is 3.84. The van der Waals surface area contributed by atoms with Crippen LogP contribution in [0.2, 0.25) is 0 Å². The van der Waals surface area contributed by atoms with E-state index in [2.05, 4.69) is 4.98 Å². The number of Topliss-reactive ketones (excluding diaryl/α,β-unsaturated/α-hetero) is 1. The fraction of sp³-hybridized carbons (Fsp3) is 0.500. The summed E-state index contributed by atoms with van der Waals surface area (Å²) in [5.74, 6) is -0.231. The Morgan fingerprint density at radius 1 is 1.50 bits per heavy atom. The Labute approximate surface area is 95.5 Å². The van der Waals surface area contributed by atoms with Gasteiger partial charge in [0.25, 0.3) is 0 Å². The van der Waals surface area contributed by atoms with E-state index in [4.69, 9.17) is 5.73 Å². The molecule has 0 saturated carbocycles. The number of rotatable bonds is 6. The van der Waals surface area contributed by atoms with Crippen molar-refractivity contribution in [3.8, 4) is 0 Å². The van der Waals surface area contributed by atoms with E-state index in [0.29, 0.717) is 12.0 Å². The van der Waals surface area contributed by atoms with Gasteiger partial charge in [0.15, 0.2) is 5.78 Å². The molecule has 2 unspecified atom stereocenters. The quantitative estimate of drug-likeness (QED) is 0.708. The second-order valence-electron chi connectivity index (χ2n) is 3.84. The van der Waals surface area contributed by atoms with E-state index in [1.54, 1.807) is 24.5 Å². The lowest BCUT2D eigenvalue weighted by Crippen LogP contribution is -2.41. The molecular weight excluding hydrogens is 204 g/mol. The van der Waals surface area contributed by atoms with Crippen LogP contribution in [0.5, 0.6) is 0 Å². The van der Waals surface area contributed by atoms with Crippen LogP contribution in [-0.2, 0) is 0 Å². The Balaban J connectivity index is 2.60. The first-order chi connectivity index (χ1) is 7.66. The highest BCUT2D eigenvalue weighted by Gasteiger charge is 2.22. The van der Waals surface area contributed by atoms with Crippen molar-refractivity contribution >= 4 is 5.78 Å². The first kappa shape index (κ1) is 12.8. The molecular formula is C12H18N2O2. The third-order valence-electron chi connectivity index (χ3n) is 2.54. The van der Waals surface area contributed by atoms with Crippen molar-refractivity contribution in [2.75, 3.05) is 0 Å². The van der Waals surface area contributed by atoms with Crippen LogP contribution in [0.15, 0.2) is 24.5 Å². The number of nitrogens with zero attached hydrogens (tertiary/aromatic N) is 1. The molecule has 0 radical (unpaired) electrons. The number of unbranched alkanes of at least 4 members (excludes halogenated alkanes) is 1. The third-order valence-corrected chi connectivity index (χ3v) is 2.54. The molecule has 0 spiro atoms. The summed E-state index contributed by atoms with van der Waals surface area (Å²) in [5.41, 5.74) is 6.21. The van der Waals surface area contributed by atoms with Gasteiger partial charge in [-0.1, -0.05) is 19.8 Å². The molecule has 0 amide bonds.